The summed E-state index contributed by atoms with van der Waals surface area (Å²) in [5.74, 6) is -0.314. The predicted molar refractivity (Wildman–Crippen MR) is 136 cm³/mol. The van der Waals surface area contributed by atoms with Crippen molar-refractivity contribution >= 4 is 38.7 Å². The van der Waals surface area contributed by atoms with E-state index >= 15 is 0 Å². The Balaban J connectivity index is 1.61. The number of fused-ring (bicyclic) bond motifs is 1. The fourth-order valence-electron chi connectivity index (χ4n) is 4.41. The molecule has 2 aromatic carbocycles. The highest BCUT2D eigenvalue weighted by molar-refractivity contribution is 7.16. The van der Waals surface area contributed by atoms with Gasteiger partial charge >= 0.3 is 0 Å². The van der Waals surface area contributed by atoms with Crippen molar-refractivity contribution in [3.8, 4) is 17.3 Å². The molecular weight excluding hydrogens is 447 g/mol. The summed E-state index contributed by atoms with van der Waals surface area (Å²) in [6.45, 7) is 6.00. The van der Waals surface area contributed by atoms with E-state index in [9.17, 15) is 9.65 Å². The maximum absolute atomic E-state index is 13.4. The summed E-state index contributed by atoms with van der Waals surface area (Å²) in [6, 6.07) is 14.8. The molecule has 0 unspecified atom stereocenters. The van der Waals surface area contributed by atoms with Crippen molar-refractivity contribution < 1.29 is 4.39 Å². The van der Waals surface area contributed by atoms with E-state index in [4.69, 9.17) is 9.97 Å². The topological polar surface area (TPSA) is 68.1 Å². The monoisotopic (exact) mass is 472 g/mol. The molecule has 172 valence electrons. The van der Waals surface area contributed by atoms with Gasteiger partial charge in [0, 0.05) is 56.1 Å². The van der Waals surface area contributed by atoms with Crippen LogP contribution in [0.2, 0.25) is 0 Å². The molecule has 0 amide bonds. The molecule has 5 rings (SSSR count). The van der Waals surface area contributed by atoms with Gasteiger partial charge in [-0.1, -0.05) is 18.3 Å². The van der Waals surface area contributed by atoms with Crippen LogP contribution in [0.1, 0.15) is 17.4 Å². The molecule has 0 saturated carbocycles. The third kappa shape index (κ3) is 4.09. The van der Waals surface area contributed by atoms with E-state index < -0.39 is 0 Å². The summed E-state index contributed by atoms with van der Waals surface area (Å²) in [5.41, 5.74) is 5.58. The number of hydrogen-bond donors (Lipinski definition) is 1. The number of nitriles is 1. The van der Waals surface area contributed by atoms with Gasteiger partial charge in [-0.05, 0) is 54.4 Å². The van der Waals surface area contributed by atoms with Crippen LogP contribution in [0.4, 0.5) is 20.9 Å². The van der Waals surface area contributed by atoms with Crippen LogP contribution >= 0.6 is 11.3 Å². The van der Waals surface area contributed by atoms with Gasteiger partial charge in [-0.15, -0.1) is 0 Å². The number of rotatable bonds is 5. The lowest BCUT2D eigenvalue weighted by molar-refractivity contribution is 0.589. The van der Waals surface area contributed by atoms with E-state index in [1.807, 2.05) is 13.2 Å². The number of aryl methyl sites for hydroxylation is 1. The summed E-state index contributed by atoms with van der Waals surface area (Å²) in [5, 5.41) is 14.9. The first-order chi connectivity index (χ1) is 16.6. The Morgan fingerprint density at radius 1 is 1.18 bits per heavy atom. The molecule has 0 aliphatic carbocycles. The number of benzene rings is 2. The van der Waals surface area contributed by atoms with Crippen molar-refractivity contribution in [3.05, 3.63) is 64.9 Å². The van der Waals surface area contributed by atoms with Crippen LogP contribution < -0.4 is 15.1 Å². The number of piperazine rings is 1. The molecular formula is C26H25FN6S. The van der Waals surface area contributed by atoms with Crippen molar-refractivity contribution in [1.29, 1.82) is 5.26 Å². The highest BCUT2D eigenvalue weighted by Gasteiger charge is 2.21. The number of pyridine rings is 1. The van der Waals surface area contributed by atoms with E-state index in [2.05, 4.69) is 46.3 Å². The summed E-state index contributed by atoms with van der Waals surface area (Å²) in [7, 11) is 1.99. The van der Waals surface area contributed by atoms with Gasteiger partial charge in [0.1, 0.15) is 22.5 Å². The van der Waals surface area contributed by atoms with Crippen LogP contribution in [-0.2, 0) is 6.42 Å². The van der Waals surface area contributed by atoms with Crippen LogP contribution in [0.15, 0.2) is 48.7 Å². The number of aromatic nitrogens is 2. The molecule has 1 N–H and O–H groups in total. The maximum Gasteiger partial charge on any atom is 0.191 e. The quantitative estimate of drug-likeness (QED) is 0.435. The summed E-state index contributed by atoms with van der Waals surface area (Å²) >= 11 is 1.34. The molecule has 0 radical (unpaired) electrons. The van der Waals surface area contributed by atoms with Crippen LogP contribution in [-0.4, -0.2) is 43.2 Å². The maximum atomic E-state index is 13.4. The first-order valence-corrected chi connectivity index (χ1v) is 12.2. The van der Waals surface area contributed by atoms with Crippen LogP contribution in [0.5, 0.6) is 0 Å². The van der Waals surface area contributed by atoms with E-state index in [1.165, 1.54) is 29.2 Å². The number of nitrogens with one attached hydrogen (secondary N) is 1. The number of nitrogens with zero attached hydrogens (tertiary/aromatic N) is 5. The first-order valence-electron chi connectivity index (χ1n) is 11.4. The molecule has 2 aromatic heterocycles. The molecule has 1 fully saturated rings. The van der Waals surface area contributed by atoms with Gasteiger partial charge in [-0.3, -0.25) is 4.98 Å². The molecule has 34 heavy (non-hydrogen) atoms. The fourth-order valence-corrected chi connectivity index (χ4v) is 5.26. The van der Waals surface area contributed by atoms with Crippen molar-refractivity contribution in [2.75, 3.05) is 43.0 Å². The number of thiazole rings is 1. The van der Waals surface area contributed by atoms with E-state index in [-0.39, 0.29) is 5.82 Å². The number of halogens is 1. The van der Waals surface area contributed by atoms with Crippen molar-refractivity contribution in [2.24, 2.45) is 0 Å². The Morgan fingerprint density at radius 2 is 1.94 bits per heavy atom. The summed E-state index contributed by atoms with van der Waals surface area (Å²) in [4.78, 5) is 14.5. The lowest BCUT2D eigenvalue weighted by Crippen LogP contribution is -2.43. The summed E-state index contributed by atoms with van der Waals surface area (Å²) < 4.78 is 13.4. The Kier molecular flexibility index (Phi) is 6.14. The number of hydrogen-bond acceptors (Lipinski definition) is 7. The van der Waals surface area contributed by atoms with Crippen LogP contribution in [0.3, 0.4) is 0 Å². The van der Waals surface area contributed by atoms with Gasteiger partial charge in [-0.2, -0.15) is 5.26 Å². The van der Waals surface area contributed by atoms with E-state index in [1.54, 1.807) is 12.1 Å². The standard InChI is InChI=1S/C26H25FN6S/c1-3-17-16-30-22-9-8-20(33-12-10-29-11-13-33)14-21(22)25(17)32(2)26-31-24(23(15-28)34-26)18-4-6-19(27)7-5-18/h4-9,14,16,29H,3,10-13H2,1-2H3. The lowest BCUT2D eigenvalue weighted by atomic mass is 10.1. The molecule has 8 heteroatoms. The second-order valence-electron chi connectivity index (χ2n) is 8.28. The Hall–Kier alpha value is -3.54. The first kappa shape index (κ1) is 22.3. The molecule has 1 aliphatic heterocycles. The van der Waals surface area contributed by atoms with E-state index in [0.29, 0.717) is 15.7 Å². The predicted octanol–water partition coefficient (Wildman–Crippen LogP) is 5.11. The molecule has 1 aliphatic rings. The largest absolute Gasteiger partial charge is 0.369 e. The Labute approximate surface area is 202 Å². The second-order valence-corrected chi connectivity index (χ2v) is 9.25. The Bertz CT molecular complexity index is 1370. The molecule has 0 bridgehead atoms. The molecule has 6 nitrogen and oxygen atoms in total. The third-order valence-electron chi connectivity index (χ3n) is 6.22. The van der Waals surface area contributed by atoms with Gasteiger partial charge < -0.3 is 15.1 Å². The molecule has 3 heterocycles. The minimum atomic E-state index is -0.314. The smallest absolute Gasteiger partial charge is 0.191 e. The zero-order chi connectivity index (χ0) is 23.7. The average molecular weight is 473 g/mol. The Morgan fingerprint density at radius 3 is 2.65 bits per heavy atom. The van der Waals surface area contributed by atoms with Gasteiger partial charge in [-0.25, -0.2) is 9.37 Å². The van der Waals surface area contributed by atoms with E-state index in [0.717, 1.165) is 60.3 Å². The van der Waals surface area contributed by atoms with Gasteiger partial charge in [0.25, 0.3) is 0 Å². The van der Waals surface area contributed by atoms with Crippen molar-refractivity contribution in [1.82, 2.24) is 15.3 Å². The zero-order valence-electron chi connectivity index (χ0n) is 19.2. The molecule has 1 saturated heterocycles. The lowest BCUT2D eigenvalue weighted by Gasteiger charge is -2.30. The summed E-state index contributed by atoms with van der Waals surface area (Å²) in [6.07, 6.45) is 2.75. The van der Waals surface area contributed by atoms with Crippen LogP contribution in [0.25, 0.3) is 22.2 Å². The van der Waals surface area contributed by atoms with Crippen molar-refractivity contribution in [3.63, 3.8) is 0 Å². The fraction of sp³-hybridized carbons (Fsp3) is 0.269. The highest BCUT2D eigenvalue weighted by Crippen LogP contribution is 2.40. The molecule has 4 aromatic rings. The minimum absolute atomic E-state index is 0.314. The molecule has 0 spiro atoms. The molecule has 0 atom stereocenters. The van der Waals surface area contributed by atoms with Crippen molar-refractivity contribution in [2.45, 2.75) is 13.3 Å². The van der Waals surface area contributed by atoms with Gasteiger partial charge in [0.15, 0.2) is 5.13 Å². The normalized spacial score (nSPS) is 13.8. The SMILES string of the molecule is CCc1cnc2ccc(N3CCNCC3)cc2c1N(C)c1nc(-c2ccc(F)cc2)c(C#N)s1. The van der Waals surface area contributed by atoms with Gasteiger partial charge in [0.05, 0.1) is 11.2 Å². The highest BCUT2D eigenvalue weighted by atomic mass is 32.1. The average Bonchev–Trinajstić information content (AvgIpc) is 3.33. The third-order valence-corrected chi connectivity index (χ3v) is 7.26. The zero-order valence-corrected chi connectivity index (χ0v) is 20.0. The number of anilines is 3. The van der Waals surface area contributed by atoms with Gasteiger partial charge in [0.2, 0.25) is 0 Å². The van der Waals surface area contributed by atoms with Crippen LogP contribution in [0, 0.1) is 17.1 Å². The minimum Gasteiger partial charge on any atom is -0.369 e. The second kappa shape index (κ2) is 9.37.